The number of carboxylic acids is 1. The molecule has 0 radical (unpaired) electrons. The first-order chi connectivity index (χ1) is 19.9. The Balaban J connectivity index is 2.65. The molecule has 0 saturated heterocycles. The molecule has 14 nitrogen and oxygen atoms in total. The van der Waals surface area contributed by atoms with Crippen LogP contribution in [0.4, 0.5) is 10.5 Å². The number of carbonyl (C=O) groups is 6. The van der Waals surface area contributed by atoms with Gasteiger partial charge in [-0.1, -0.05) is 32.4 Å². The van der Waals surface area contributed by atoms with Crippen LogP contribution in [-0.2, 0) is 30.6 Å². The summed E-state index contributed by atoms with van der Waals surface area (Å²) in [6.45, 7) is 3.98. The highest BCUT2D eigenvalue weighted by Gasteiger charge is 2.28. The van der Waals surface area contributed by atoms with E-state index in [9.17, 15) is 33.9 Å². The Morgan fingerprint density at radius 1 is 0.786 bits per heavy atom. The summed E-state index contributed by atoms with van der Waals surface area (Å²) >= 11 is 0. The summed E-state index contributed by atoms with van der Waals surface area (Å²) in [7, 11) is 0. The van der Waals surface area contributed by atoms with Crippen LogP contribution >= 0.6 is 0 Å². The van der Waals surface area contributed by atoms with E-state index in [1.165, 1.54) is 0 Å². The molecule has 0 heterocycles. The van der Waals surface area contributed by atoms with Crippen LogP contribution in [-0.4, -0.2) is 71.0 Å². The number of hydrogen-bond donors (Lipinski definition) is 8. The molecule has 0 spiro atoms. The number of anilines is 1. The van der Waals surface area contributed by atoms with Crippen LogP contribution in [0.15, 0.2) is 24.3 Å². The number of carboxylic acid groups (broad SMARTS) is 1. The fourth-order valence-electron chi connectivity index (χ4n) is 3.88. The zero-order chi connectivity index (χ0) is 31.5. The standard InChI is InChI=1S/C28H44N6O8/c1-18(2)25(34-23(37)8-4-3-5-15-30-22(36)13-14-24(38)39)27(41)33-21(7-6-16-31-28(29)42)26(40)32-20-11-9-19(17-35)10-12-20/h9-12,18,21,25,35H,3-8,13-17H2,1-2H3,(H,30,36)(H,32,40)(H,33,41)(H,34,37)(H,38,39)(H3,29,31,42)/t21-,25-/m0/s1. The molecule has 1 aromatic rings. The van der Waals surface area contributed by atoms with Gasteiger partial charge in [-0.15, -0.1) is 0 Å². The lowest BCUT2D eigenvalue weighted by atomic mass is 10.0. The lowest BCUT2D eigenvalue weighted by Crippen LogP contribution is -2.54. The number of unbranched alkanes of at least 4 members (excludes halogenated alkanes) is 2. The van der Waals surface area contributed by atoms with Crippen molar-refractivity contribution >= 4 is 41.3 Å². The fraction of sp³-hybridized carbons (Fsp3) is 0.571. The molecule has 0 bridgehead atoms. The molecule has 0 fully saturated rings. The maximum atomic E-state index is 13.2. The average molecular weight is 593 g/mol. The van der Waals surface area contributed by atoms with Gasteiger partial charge < -0.3 is 42.5 Å². The summed E-state index contributed by atoms with van der Waals surface area (Å²) in [5, 5.41) is 31.1. The second kappa shape index (κ2) is 19.8. The first-order valence-electron chi connectivity index (χ1n) is 14.0. The Bertz CT molecular complexity index is 1050. The molecular weight excluding hydrogens is 548 g/mol. The number of benzene rings is 1. The topological polar surface area (TPSA) is 229 Å². The predicted octanol–water partition coefficient (Wildman–Crippen LogP) is 0.733. The van der Waals surface area contributed by atoms with Crippen molar-refractivity contribution in [2.45, 2.75) is 83.9 Å². The Labute approximate surface area is 245 Å². The van der Waals surface area contributed by atoms with E-state index in [0.717, 1.165) is 0 Å². The monoisotopic (exact) mass is 592 g/mol. The smallest absolute Gasteiger partial charge is 0.312 e. The van der Waals surface area contributed by atoms with Gasteiger partial charge in [-0.25, -0.2) is 4.79 Å². The molecule has 1 rings (SSSR count). The second-order valence-corrected chi connectivity index (χ2v) is 10.2. The summed E-state index contributed by atoms with van der Waals surface area (Å²) in [5.74, 6) is -2.99. The first-order valence-corrected chi connectivity index (χ1v) is 14.0. The summed E-state index contributed by atoms with van der Waals surface area (Å²) in [6.07, 6.45) is 2.18. The van der Waals surface area contributed by atoms with Gasteiger partial charge in [0, 0.05) is 31.6 Å². The van der Waals surface area contributed by atoms with Crippen molar-refractivity contribution in [3.8, 4) is 0 Å². The molecule has 6 amide bonds. The molecule has 0 saturated carbocycles. The largest absolute Gasteiger partial charge is 0.481 e. The Kier molecular flexibility index (Phi) is 16.9. The Morgan fingerprint density at radius 2 is 1.45 bits per heavy atom. The zero-order valence-corrected chi connectivity index (χ0v) is 24.2. The molecule has 234 valence electrons. The number of urea groups is 1. The molecule has 0 aliphatic heterocycles. The van der Waals surface area contributed by atoms with Crippen molar-refractivity contribution in [2.75, 3.05) is 18.4 Å². The van der Waals surface area contributed by atoms with Crippen molar-refractivity contribution in [1.29, 1.82) is 0 Å². The van der Waals surface area contributed by atoms with Crippen LogP contribution in [0.25, 0.3) is 0 Å². The first kappa shape index (κ1) is 35.8. The summed E-state index contributed by atoms with van der Waals surface area (Å²) in [5.41, 5.74) is 6.24. The predicted molar refractivity (Wildman–Crippen MR) is 155 cm³/mol. The number of nitrogens with one attached hydrogen (secondary N) is 5. The van der Waals surface area contributed by atoms with Gasteiger partial charge in [-0.05, 0) is 49.3 Å². The molecule has 0 aliphatic rings. The molecule has 1 aromatic carbocycles. The average Bonchev–Trinajstić information content (AvgIpc) is 2.93. The highest BCUT2D eigenvalue weighted by atomic mass is 16.4. The van der Waals surface area contributed by atoms with Gasteiger partial charge >= 0.3 is 12.0 Å². The fourth-order valence-corrected chi connectivity index (χ4v) is 3.88. The van der Waals surface area contributed by atoms with E-state index in [2.05, 4.69) is 26.6 Å². The summed E-state index contributed by atoms with van der Waals surface area (Å²) in [4.78, 5) is 71.8. The van der Waals surface area contributed by atoms with E-state index in [1.807, 2.05) is 0 Å². The van der Waals surface area contributed by atoms with Crippen LogP contribution < -0.4 is 32.3 Å². The minimum absolute atomic E-state index is 0.0824. The normalized spacial score (nSPS) is 12.1. The van der Waals surface area contributed by atoms with Crippen LogP contribution in [0.3, 0.4) is 0 Å². The van der Waals surface area contributed by atoms with Crippen molar-refractivity contribution in [1.82, 2.24) is 21.3 Å². The number of primary amides is 1. The van der Waals surface area contributed by atoms with Crippen molar-refractivity contribution in [2.24, 2.45) is 11.7 Å². The molecule has 9 N–H and O–H groups in total. The second-order valence-electron chi connectivity index (χ2n) is 10.2. The number of hydrogen-bond acceptors (Lipinski definition) is 7. The Hall–Kier alpha value is -4.20. The molecule has 0 aromatic heterocycles. The number of carbonyl (C=O) groups excluding carboxylic acids is 5. The summed E-state index contributed by atoms with van der Waals surface area (Å²) in [6, 6.07) is 4.00. The lowest BCUT2D eigenvalue weighted by molar-refractivity contribution is -0.138. The number of rotatable bonds is 20. The molecule has 42 heavy (non-hydrogen) atoms. The quantitative estimate of drug-likeness (QED) is 0.100. The van der Waals surface area contributed by atoms with Crippen LogP contribution in [0, 0.1) is 5.92 Å². The maximum Gasteiger partial charge on any atom is 0.312 e. The van der Waals surface area contributed by atoms with Crippen molar-refractivity contribution in [3.63, 3.8) is 0 Å². The van der Waals surface area contributed by atoms with Gasteiger partial charge in [0.2, 0.25) is 23.6 Å². The number of amides is 6. The van der Waals surface area contributed by atoms with E-state index in [1.54, 1.807) is 38.1 Å². The van der Waals surface area contributed by atoms with Gasteiger partial charge in [0.1, 0.15) is 12.1 Å². The van der Waals surface area contributed by atoms with E-state index in [0.29, 0.717) is 43.5 Å². The third-order valence-corrected chi connectivity index (χ3v) is 6.24. The minimum atomic E-state index is -1.04. The SMILES string of the molecule is CC(C)[C@H](NC(=O)CCCCCNC(=O)CCC(=O)O)C(=O)N[C@@H](CCCNC(N)=O)C(=O)Nc1ccc(CO)cc1. The third-order valence-electron chi connectivity index (χ3n) is 6.24. The Morgan fingerprint density at radius 3 is 2.05 bits per heavy atom. The molecule has 0 aliphatic carbocycles. The highest BCUT2D eigenvalue weighted by molar-refractivity contribution is 5.98. The molecular formula is C28H44N6O8. The number of aliphatic carboxylic acids is 1. The third kappa shape index (κ3) is 15.6. The van der Waals surface area contributed by atoms with Gasteiger partial charge in [0.05, 0.1) is 13.0 Å². The molecule has 0 unspecified atom stereocenters. The number of nitrogens with two attached hydrogens (primary N) is 1. The summed E-state index contributed by atoms with van der Waals surface area (Å²) < 4.78 is 0. The molecule has 2 atom stereocenters. The molecule has 14 heteroatoms. The van der Waals surface area contributed by atoms with Gasteiger partial charge in [-0.3, -0.25) is 24.0 Å². The van der Waals surface area contributed by atoms with Crippen LogP contribution in [0.5, 0.6) is 0 Å². The minimum Gasteiger partial charge on any atom is -0.481 e. The van der Waals surface area contributed by atoms with Crippen LogP contribution in [0.1, 0.15) is 70.8 Å². The van der Waals surface area contributed by atoms with E-state index < -0.39 is 35.9 Å². The van der Waals surface area contributed by atoms with Crippen LogP contribution in [0.2, 0.25) is 0 Å². The van der Waals surface area contributed by atoms with Gasteiger partial charge in [0.25, 0.3) is 0 Å². The van der Waals surface area contributed by atoms with E-state index >= 15 is 0 Å². The van der Waals surface area contributed by atoms with Gasteiger partial charge in [-0.2, -0.15) is 0 Å². The number of aliphatic hydroxyl groups excluding tert-OH is 1. The lowest BCUT2D eigenvalue weighted by Gasteiger charge is -2.25. The highest BCUT2D eigenvalue weighted by Crippen LogP contribution is 2.12. The zero-order valence-electron chi connectivity index (χ0n) is 24.2. The van der Waals surface area contributed by atoms with Crippen molar-refractivity contribution in [3.05, 3.63) is 29.8 Å². The van der Waals surface area contributed by atoms with E-state index in [-0.39, 0.29) is 56.6 Å². The maximum absolute atomic E-state index is 13.2. The van der Waals surface area contributed by atoms with Gasteiger partial charge in [0.15, 0.2) is 0 Å². The van der Waals surface area contributed by atoms with Crippen molar-refractivity contribution < 1.29 is 39.0 Å². The van der Waals surface area contributed by atoms with E-state index in [4.69, 9.17) is 10.8 Å². The number of aliphatic hydroxyl groups is 1.